The summed E-state index contributed by atoms with van der Waals surface area (Å²) in [4.78, 5) is 29.5. The molecule has 9 nitrogen and oxygen atoms in total. The second-order valence-corrected chi connectivity index (χ2v) is 11.6. The van der Waals surface area contributed by atoms with E-state index in [0.29, 0.717) is 0 Å². The normalized spacial score (nSPS) is 18.8. The molecule has 3 rings (SSSR count). The molecule has 2 aromatic rings. The third-order valence-corrected chi connectivity index (χ3v) is 6.15. The number of halogens is 4. The Hall–Kier alpha value is -3.45. The number of nitrogens with one attached hydrogen (secondary N) is 2. The number of ether oxygens (including phenoxy) is 2. The number of hydrogen-bond acceptors (Lipinski definition) is 7. The van der Waals surface area contributed by atoms with Gasteiger partial charge in [-0.15, -0.1) is 0 Å². The zero-order chi connectivity index (χ0) is 30.3. The van der Waals surface area contributed by atoms with Crippen molar-refractivity contribution < 1.29 is 46.8 Å². The predicted molar refractivity (Wildman–Crippen MR) is 136 cm³/mol. The van der Waals surface area contributed by atoms with Crippen LogP contribution >= 0.6 is 0 Å². The lowest BCUT2D eigenvalue weighted by atomic mass is 9.81. The van der Waals surface area contributed by atoms with Gasteiger partial charge in [-0.2, -0.15) is 13.2 Å². The number of benzene rings is 1. The largest absolute Gasteiger partial charge is 0.489 e. The number of aromatic nitrogens is 1. The molecule has 1 aliphatic rings. The van der Waals surface area contributed by atoms with Crippen molar-refractivity contribution in [1.82, 2.24) is 15.6 Å². The van der Waals surface area contributed by atoms with Gasteiger partial charge in [0, 0.05) is 17.7 Å². The number of hydrogen-bond donors (Lipinski definition) is 4. The number of alkyl halides is 3. The molecule has 0 spiro atoms. The quantitative estimate of drug-likeness (QED) is 0.373. The lowest BCUT2D eigenvalue weighted by Crippen LogP contribution is -2.52. The molecule has 1 unspecified atom stereocenters. The van der Waals surface area contributed by atoms with Crippen molar-refractivity contribution in [1.29, 1.82) is 0 Å². The Labute approximate surface area is 228 Å². The first-order chi connectivity index (χ1) is 18.2. The summed E-state index contributed by atoms with van der Waals surface area (Å²) in [6.07, 6.45) is -6.54. The van der Waals surface area contributed by atoms with Gasteiger partial charge in [0.25, 0.3) is 0 Å². The van der Waals surface area contributed by atoms with Crippen LogP contribution in [0, 0.1) is 5.82 Å². The fourth-order valence-corrected chi connectivity index (χ4v) is 3.93. The van der Waals surface area contributed by atoms with Gasteiger partial charge in [-0.25, -0.2) is 14.2 Å². The van der Waals surface area contributed by atoms with Crippen LogP contribution < -0.4 is 15.4 Å². The molecule has 220 valence electrons. The van der Waals surface area contributed by atoms with Crippen LogP contribution in [0.1, 0.15) is 52.8 Å². The molecule has 1 aromatic heterocycles. The molecule has 0 aliphatic carbocycles. The average Bonchev–Trinajstić information content (AvgIpc) is 3.16. The average molecular weight is 572 g/mol. The zero-order valence-electron chi connectivity index (χ0n) is 23.0. The molecule has 1 aromatic carbocycles. The summed E-state index contributed by atoms with van der Waals surface area (Å²) in [5.74, 6) is -1.29. The molecule has 0 bridgehead atoms. The topological polar surface area (TPSA) is 130 Å². The Morgan fingerprint density at radius 2 is 1.65 bits per heavy atom. The van der Waals surface area contributed by atoms with Crippen LogP contribution in [0.25, 0.3) is 11.3 Å². The smallest absolute Gasteiger partial charge is 0.424 e. The number of pyridine rings is 1. The maximum absolute atomic E-state index is 14.5. The van der Waals surface area contributed by atoms with Crippen molar-refractivity contribution in [2.75, 3.05) is 19.7 Å². The zero-order valence-corrected chi connectivity index (χ0v) is 23.0. The molecule has 40 heavy (non-hydrogen) atoms. The highest BCUT2D eigenvalue weighted by Crippen LogP contribution is 2.48. The summed E-state index contributed by atoms with van der Waals surface area (Å²) >= 11 is 0. The van der Waals surface area contributed by atoms with E-state index in [1.165, 1.54) is 53.7 Å². The second-order valence-electron chi connectivity index (χ2n) is 11.6. The molecular formula is C27H33F4N3O6. The summed E-state index contributed by atoms with van der Waals surface area (Å²) < 4.78 is 67.7. The van der Waals surface area contributed by atoms with Gasteiger partial charge in [0.05, 0.1) is 17.8 Å². The number of alkyl carbamates (subject to hydrolysis) is 1. The van der Waals surface area contributed by atoms with E-state index in [9.17, 15) is 37.4 Å². The molecule has 0 fully saturated rings. The van der Waals surface area contributed by atoms with Gasteiger partial charge in [-0.1, -0.05) is 0 Å². The third kappa shape index (κ3) is 6.64. The predicted octanol–water partition coefficient (Wildman–Crippen LogP) is 3.70. The van der Waals surface area contributed by atoms with E-state index < -0.39 is 58.5 Å². The van der Waals surface area contributed by atoms with E-state index in [0.717, 1.165) is 18.2 Å². The van der Waals surface area contributed by atoms with E-state index >= 15 is 0 Å². The molecule has 4 N–H and O–H groups in total. The van der Waals surface area contributed by atoms with Crippen LogP contribution in [-0.4, -0.2) is 64.3 Å². The van der Waals surface area contributed by atoms with Crippen molar-refractivity contribution in [2.24, 2.45) is 0 Å². The van der Waals surface area contributed by atoms with Crippen LogP contribution in [0.3, 0.4) is 0 Å². The highest BCUT2D eigenvalue weighted by atomic mass is 19.4. The number of carbonyl (C=O) groups excluding carboxylic acids is 2. The van der Waals surface area contributed by atoms with Crippen molar-refractivity contribution in [3.05, 3.63) is 47.4 Å². The number of carbonyl (C=O) groups is 2. The van der Waals surface area contributed by atoms with Gasteiger partial charge >= 0.3 is 12.3 Å². The lowest BCUT2D eigenvalue weighted by Gasteiger charge is -2.32. The van der Waals surface area contributed by atoms with Gasteiger partial charge in [0.15, 0.2) is 0 Å². The summed E-state index contributed by atoms with van der Waals surface area (Å²) in [5, 5.41) is 25.6. The van der Waals surface area contributed by atoms with Gasteiger partial charge < -0.3 is 30.3 Å². The lowest BCUT2D eigenvalue weighted by molar-refractivity contribution is -0.265. The van der Waals surface area contributed by atoms with Crippen LogP contribution in [0.2, 0.25) is 0 Å². The summed E-state index contributed by atoms with van der Waals surface area (Å²) in [5.41, 5.74) is -8.54. The number of aliphatic hydroxyl groups is 2. The number of rotatable bonds is 7. The molecule has 0 saturated heterocycles. The standard InChI is InChI=1S/C27H33F4N3O6/c1-23(2,3)40-22(36)33-13-26(38,27(29,30)31)18-11-17-20(19(34-18)15-7-9-16(28)10-8-15)39-14-25(17,6)21(35)32-12-24(4,5)37/h7-11,37-38H,12-14H2,1-6H3,(H,32,35)(H,33,36)/t25-,26?/m0/s1. The van der Waals surface area contributed by atoms with Gasteiger partial charge in [0.2, 0.25) is 11.5 Å². The molecule has 13 heteroatoms. The SMILES string of the molecule is CC(C)(O)CNC(=O)[C@@]1(C)COc2c1cc(C(O)(CNC(=O)OC(C)(C)C)C(F)(F)F)nc2-c1ccc(F)cc1. The van der Waals surface area contributed by atoms with Crippen molar-refractivity contribution >= 4 is 12.0 Å². The van der Waals surface area contributed by atoms with Crippen LogP contribution in [0.5, 0.6) is 5.75 Å². The minimum Gasteiger partial charge on any atom is -0.489 e. The first-order valence-electron chi connectivity index (χ1n) is 12.4. The van der Waals surface area contributed by atoms with Crippen LogP contribution in [-0.2, 0) is 20.5 Å². The van der Waals surface area contributed by atoms with E-state index in [4.69, 9.17) is 9.47 Å². The fraction of sp³-hybridized carbons (Fsp3) is 0.519. The second kappa shape index (κ2) is 10.5. The molecule has 2 atom stereocenters. The molecule has 2 heterocycles. The summed E-state index contributed by atoms with van der Waals surface area (Å²) in [7, 11) is 0. The van der Waals surface area contributed by atoms with Gasteiger partial charge in [-0.05, 0) is 71.9 Å². The Balaban J connectivity index is 2.18. The van der Waals surface area contributed by atoms with E-state index in [1.54, 1.807) is 0 Å². The Morgan fingerprint density at radius 3 is 2.17 bits per heavy atom. The first-order valence-corrected chi connectivity index (χ1v) is 12.4. The van der Waals surface area contributed by atoms with Crippen LogP contribution in [0.4, 0.5) is 22.4 Å². The number of fused-ring (bicyclic) bond motifs is 1. The Bertz CT molecular complexity index is 1270. The maximum Gasteiger partial charge on any atom is 0.424 e. The maximum atomic E-state index is 14.5. The first kappa shape index (κ1) is 31.1. The van der Waals surface area contributed by atoms with E-state index in [-0.39, 0.29) is 35.7 Å². The minimum absolute atomic E-state index is 0.0231. The number of amides is 2. The summed E-state index contributed by atoms with van der Waals surface area (Å²) in [6.45, 7) is 7.10. The third-order valence-electron chi connectivity index (χ3n) is 6.15. The van der Waals surface area contributed by atoms with Gasteiger partial charge in [0.1, 0.15) is 34.9 Å². The van der Waals surface area contributed by atoms with Crippen molar-refractivity contribution in [3.63, 3.8) is 0 Å². The Kier molecular flexibility index (Phi) is 8.17. The fourth-order valence-electron chi connectivity index (χ4n) is 3.93. The van der Waals surface area contributed by atoms with Crippen LogP contribution in [0.15, 0.2) is 30.3 Å². The summed E-state index contributed by atoms with van der Waals surface area (Å²) in [6, 6.07) is 5.57. The minimum atomic E-state index is -5.34. The monoisotopic (exact) mass is 571 g/mol. The van der Waals surface area contributed by atoms with Crippen molar-refractivity contribution in [3.8, 4) is 17.0 Å². The highest BCUT2D eigenvalue weighted by Gasteiger charge is 2.58. The molecule has 2 amide bonds. The molecule has 1 aliphatic heterocycles. The molecule has 0 radical (unpaired) electrons. The Morgan fingerprint density at radius 1 is 1.05 bits per heavy atom. The van der Waals surface area contributed by atoms with E-state index in [2.05, 4.69) is 10.3 Å². The highest BCUT2D eigenvalue weighted by molar-refractivity contribution is 5.91. The van der Waals surface area contributed by atoms with Gasteiger partial charge in [-0.3, -0.25) is 4.79 Å². The van der Waals surface area contributed by atoms with Crippen molar-refractivity contribution in [2.45, 2.75) is 69.9 Å². The molecular weight excluding hydrogens is 538 g/mol. The van der Waals surface area contributed by atoms with E-state index in [1.807, 2.05) is 5.32 Å². The number of nitrogens with zero attached hydrogens (tertiary/aromatic N) is 1. The molecule has 0 saturated carbocycles.